The second-order valence-corrected chi connectivity index (χ2v) is 2.50. The van der Waals surface area contributed by atoms with E-state index in [-0.39, 0.29) is 5.91 Å². The van der Waals surface area contributed by atoms with Crippen LogP contribution in [0.25, 0.3) is 0 Å². The van der Waals surface area contributed by atoms with E-state index in [9.17, 15) is 4.79 Å². The third-order valence-corrected chi connectivity index (χ3v) is 1.78. The molecule has 0 aliphatic carbocycles. The topological polar surface area (TPSA) is 61.9 Å². The highest BCUT2D eigenvalue weighted by Gasteiger charge is 2.22. The van der Waals surface area contributed by atoms with E-state index in [2.05, 4.69) is 15.4 Å². The predicted octanol–water partition coefficient (Wildman–Crippen LogP) is -0.349. The Morgan fingerprint density at radius 3 is 2.91 bits per heavy atom. The molecule has 1 aromatic heterocycles. The van der Waals surface area contributed by atoms with Gasteiger partial charge in [0.1, 0.15) is 0 Å². The maximum atomic E-state index is 11.3. The molecule has 0 spiro atoms. The zero-order valence-corrected chi connectivity index (χ0v) is 5.95. The van der Waals surface area contributed by atoms with Crippen LogP contribution in [0.1, 0.15) is 16.9 Å². The summed E-state index contributed by atoms with van der Waals surface area (Å²) in [6.45, 7) is 1.71. The first-order chi connectivity index (χ1) is 5.38. The Morgan fingerprint density at radius 1 is 1.64 bits per heavy atom. The predicted molar refractivity (Wildman–Crippen MR) is 36.9 cm³/mol. The van der Waals surface area contributed by atoms with Crippen molar-refractivity contribution in [1.82, 2.24) is 20.3 Å². The third-order valence-electron chi connectivity index (χ3n) is 1.78. The molecule has 58 valence electrons. The molecule has 1 aliphatic rings. The van der Waals surface area contributed by atoms with E-state index in [1.54, 1.807) is 4.90 Å². The number of nitrogens with zero attached hydrogens (tertiary/aromatic N) is 3. The molecule has 0 unspecified atom stereocenters. The molecule has 1 saturated heterocycles. The largest absolute Gasteiger partial charge is 0.337 e. The number of likely N-dealkylation sites (tertiary alicyclic amines) is 1. The lowest BCUT2D eigenvalue weighted by Crippen LogP contribution is -2.42. The van der Waals surface area contributed by atoms with Crippen molar-refractivity contribution in [2.24, 2.45) is 0 Å². The van der Waals surface area contributed by atoms with Crippen LogP contribution in [-0.4, -0.2) is 39.3 Å². The molecule has 0 radical (unpaired) electrons. The summed E-state index contributed by atoms with van der Waals surface area (Å²) in [6, 6.07) is 0. The second-order valence-electron chi connectivity index (χ2n) is 2.50. The average molecular weight is 152 g/mol. The molecule has 2 rings (SSSR count). The lowest BCUT2D eigenvalue weighted by Gasteiger charge is -2.29. The van der Waals surface area contributed by atoms with Crippen LogP contribution in [0, 0.1) is 0 Å². The average Bonchev–Trinajstić information content (AvgIpc) is 2.32. The van der Waals surface area contributed by atoms with Gasteiger partial charge in [-0.3, -0.25) is 4.79 Å². The van der Waals surface area contributed by atoms with Gasteiger partial charge >= 0.3 is 0 Å². The van der Waals surface area contributed by atoms with E-state index in [1.807, 2.05) is 0 Å². The fourth-order valence-electron chi connectivity index (χ4n) is 0.986. The minimum atomic E-state index is -0.0231. The summed E-state index contributed by atoms with van der Waals surface area (Å²) < 4.78 is 0. The van der Waals surface area contributed by atoms with Gasteiger partial charge in [0.15, 0.2) is 5.69 Å². The van der Waals surface area contributed by atoms with Crippen molar-refractivity contribution in [3.63, 3.8) is 0 Å². The van der Waals surface area contributed by atoms with Crippen molar-refractivity contribution in [3.8, 4) is 0 Å². The first kappa shape index (κ1) is 6.33. The van der Waals surface area contributed by atoms with Crippen molar-refractivity contribution < 1.29 is 4.79 Å². The van der Waals surface area contributed by atoms with Crippen molar-refractivity contribution in [1.29, 1.82) is 0 Å². The molecular formula is C6H8N4O. The Balaban J connectivity index is 2.10. The van der Waals surface area contributed by atoms with Gasteiger partial charge in [0.05, 0.1) is 6.20 Å². The molecule has 1 N–H and O–H groups in total. The Bertz CT molecular complexity index is 252. The van der Waals surface area contributed by atoms with E-state index < -0.39 is 0 Å². The molecule has 0 saturated carbocycles. The number of aromatic nitrogens is 3. The summed E-state index contributed by atoms with van der Waals surface area (Å²) in [7, 11) is 0. The number of H-pyrrole nitrogens is 1. The lowest BCUT2D eigenvalue weighted by molar-refractivity contribution is 0.0645. The highest BCUT2D eigenvalue weighted by Crippen LogP contribution is 2.09. The van der Waals surface area contributed by atoms with Gasteiger partial charge in [-0.2, -0.15) is 15.4 Å². The van der Waals surface area contributed by atoms with Crippen LogP contribution >= 0.6 is 0 Å². The molecular weight excluding hydrogens is 144 g/mol. The van der Waals surface area contributed by atoms with Gasteiger partial charge in [-0.05, 0) is 6.42 Å². The SMILES string of the molecule is O=C(c1cn[nH]n1)N1CCC1. The molecule has 1 aliphatic heterocycles. The highest BCUT2D eigenvalue weighted by molar-refractivity contribution is 5.92. The van der Waals surface area contributed by atoms with Crippen molar-refractivity contribution in [2.45, 2.75) is 6.42 Å². The quantitative estimate of drug-likeness (QED) is 0.598. The standard InChI is InChI=1S/C6H8N4O/c11-6(10-2-1-3-10)5-4-7-9-8-5/h4H,1-3H2,(H,7,8,9). The summed E-state index contributed by atoms with van der Waals surface area (Å²) >= 11 is 0. The van der Waals surface area contributed by atoms with Crippen LogP contribution in [0.3, 0.4) is 0 Å². The maximum absolute atomic E-state index is 11.3. The number of carbonyl (C=O) groups excluding carboxylic acids is 1. The van der Waals surface area contributed by atoms with Gasteiger partial charge in [-0.15, -0.1) is 0 Å². The molecule has 1 fully saturated rings. The molecule has 0 aromatic carbocycles. The number of nitrogens with one attached hydrogen (secondary N) is 1. The molecule has 1 amide bonds. The summed E-state index contributed by atoms with van der Waals surface area (Å²) in [5.74, 6) is -0.0231. The number of rotatable bonds is 1. The fourth-order valence-corrected chi connectivity index (χ4v) is 0.986. The molecule has 11 heavy (non-hydrogen) atoms. The Morgan fingerprint density at radius 2 is 2.45 bits per heavy atom. The molecule has 0 bridgehead atoms. The van der Waals surface area contributed by atoms with E-state index in [1.165, 1.54) is 6.20 Å². The summed E-state index contributed by atoms with van der Waals surface area (Å²) in [6.07, 6.45) is 2.55. The number of hydrogen-bond donors (Lipinski definition) is 1. The van der Waals surface area contributed by atoms with Gasteiger partial charge < -0.3 is 4.90 Å². The number of amides is 1. The van der Waals surface area contributed by atoms with Crippen molar-refractivity contribution >= 4 is 5.91 Å². The molecule has 5 nitrogen and oxygen atoms in total. The summed E-state index contributed by atoms with van der Waals surface area (Å²) in [5.41, 5.74) is 0.407. The van der Waals surface area contributed by atoms with Crippen LogP contribution in [0.4, 0.5) is 0 Å². The first-order valence-electron chi connectivity index (χ1n) is 3.53. The Labute approximate surface area is 63.4 Å². The fraction of sp³-hybridized carbons (Fsp3) is 0.500. The van der Waals surface area contributed by atoms with Crippen LogP contribution < -0.4 is 0 Å². The smallest absolute Gasteiger partial charge is 0.276 e. The maximum Gasteiger partial charge on any atom is 0.276 e. The highest BCUT2D eigenvalue weighted by atomic mass is 16.2. The van der Waals surface area contributed by atoms with E-state index in [4.69, 9.17) is 0 Å². The zero-order valence-electron chi connectivity index (χ0n) is 5.95. The molecule has 2 heterocycles. The van der Waals surface area contributed by atoms with Crippen LogP contribution in [0.5, 0.6) is 0 Å². The van der Waals surface area contributed by atoms with Gasteiger partial charge in [0.2, 0.25) is 0 Å². The van der Waals surface area contributed by atoms with Gasteiger partial charge in [-0.1, -0.05) is 0 Å². The summed E-state index contributed by atoms with van der Waals surface area (Å²) in [5, 5.41) is 9.66. The van der Waals surface area contributed by atoms with E-state index in [0.717, 1.165) is 19.5 Å². The molecule has 0 atom stereocenters. The first-order valence-corrected chi connectivity index (χ1v) is 3.53. The van der Waals surface area contributed by atoms with E-state index >= 15 is 0 Å². The number of carbonyl (C=O) groups is 1. The Kier molecular flexibility index (Phi) is 1.34. The number of aromatic amines is 1. The van der Waals surface area contributed by atoms with Gasteiger partial charge in [0.25, 0.3) is 5.91 Å². The minimum Gasteiger partial charge on any atom is -0.337 e. The minimum absolute atomic E-state index is 0.0231. The van der Waals surface area contributed by atoms with Gasteiger partial charge in [-0.25, -0.2) is 0 Å². The summed E-state index contributed by atoms with van der Waals surface area (Å²) in [4.78, 5) is 13.0. The number of hydrogen-bond acceptors (Lipinski definition) is 3. The third kappa shape index (κ3) is 0.978. The Hall–Kier alpha value is -1.39. The van der Waals surface area contributed by atoms with Gasteiger partial charge in [0, 0.05) is 13.1 Å². The van der Waals surface area contributed by atoms with Crippen LogP contribution in [0.15, 0.2) is 6.20 Å². The zero-order chi connectivity index (χ0) is 7.68. The van der Waals surface area contributed by atoms with Crippen molar-refractivity contribution in [2.75, 3.05) is 13.1 Å². The second kappa shape index (κ2) is 2.34. The monoisotopic (exact) mass is 152 g/mol. The van der Waals surface area contributed by atoms with E-state index in [0.29, 0.717) is 5.69 Å². The molecule has 5 heteroatoms. The molecule has 1 aromatic rings. The normalized spacial score (nSPS) is 16.2. The lowest BCUT2D eigenvalue weighted by atomic mass is 10.2. The van der Waals surface area contributed by atoms with Crippen LogP contribution in [-0.2, 0) is 0 Å². The van der Waals surface area contributed by atoms with Crippen molar-refractivity contribution in [3.05, 3.63) is 11.9 Å². The van der Waals surface area contributed by atoms with Crippen LogP contribution in [0.2, 0.25) is 0 Å².